The van der Waals surface area contributed by atoms with Gasteiger partial charge in [0.15, 0.2) is 0 Å². The van der Waals surface area contributed by atoms with Gasteiger partial charge in [0.1, 0.15) is 5.60 Å². The summed E-state index contributed by atoms with van der Waals surface area (Å²) < 4.78 is 6.20. The Morgan fingerprint density at radius 1 is 1.50 bits per heavy atom. The molecule has 0 radical (unpaired) electrons. The maximum absolute atomic E-state index is 9.32. The molecule has 3 aliphatic rings. The SMILES string of the molecule is C=C(CO)C(C)[C@]12C[C@@H]3CCC[C@@H](C)[C@]3(C)[C@H]1O2. The largest absolute Gasteiger partial charge is 0.392 e. The van der Waals surface area contributed by atoms with Crippen LogP contribution in [0, 0.1) is 23.2 Å². The van der Waals surface area contributed by atoms with E-state index in [0.29, 0.717) is 17.4 Å². The fourth-order valence-corrected chi connectivity index (χ4v) is 4.86. The second-order valence-corrected chi connectivity index (χ2v) is 7.09. The highest BCUT2D eigenvalue weighted by Gasteiger charge is 2.75. The highest BCUT2D eigenvalue weighted by molar-refractivity contribution is 5.27. The van der Waals surface area contributed by atoms with Crippen molar-refractivity contribution >= 4 is 0 Å². The van der Waals surface area contributed by atoms with Gasteiger partial charge in [0, 0.05) is 11.3 Å². The predicted molar refractivity (Wildman–Crippen MR) is 72.2 cm³/mol. The molecule has 0 aromatic rings. The minimum atomic E-state index is 0.0117. The van der Waals surface area contributed by atoms with Crippen LogP contribution in [0.3, 0.4) is 0 Å². The molecule has 0 spiro atoms. The molecule has 2 saturated carbocycles. The van der Waals surface area contributed by atoms with Gasteiger partial charge in [-0.15, -0.1) is 0 Å². The Hall–Kier alpha value is -0.340. The van der Waals surface area contributed by atoms with E-state index in [1.165, 1.54) is 25.7 Å². The fourth-order valence-electron chi connectivity index (χ4n) is 4.86. The van der Waals surface area contributed by atoms with Crippen molar-refractivity contribution in [2.75, 3.05) is 6.61 Å². The van der Waals surface area contributed by atoms with Crippen LogP contribution in [0.4, 0.5) is 0 Å². The van der Waals surface area contributed by atoms with Crippen LogP contribution in [0.2, 0.25) is 0 Å². The summed E-state index contributed by atoms with van der Waals surface area (Å²) in [6.07, 6.45) is 5.67. The zero-order valence-corrected chi connectivity index (χ0v) is 11.9. The number of hydrogen-bond donors (Lipinski definition) is 1. The van der Waals surface area contributed by atoms with E-state index in [4.69, 9.17) is 4.74 Å². The van der Waals surface area contributed by atoms with Gasteiger partial charge in [-0.05, 0) is 30.3 Å². The maximum Gasteiger partial charge on any atom is 0.102 e. The lowest BCUT2D eigenvalue weighted by molar-refractivity contribution is 0.00634. The Balaban J connectivity index is 1.87. The van der Waals surface area contributed by atoms with Gasteiger partial charge in [0.25, 0.3) is 0 Å². The Bertz CT molecular complexity index is 377. The number of epoxide rings is 1. The molecule has 1 saturated heterocycles. The van der Waals surface area contributed by atoms with Gasteiger partial charge in [-0.3, -0.25) is 0 Å². The van der Waals surface area contributed by atoms with E-state index >= 15 is 0 Å². The zero-order valence-electron chi connectivity index (χ0n) is 11.9. The number of hydrogen-bond acceptors (Lipinski definition) is 2. The molecule has 1 unspecified atom stereocenters. The average molecular weight is 250 g/mol. The molecule has 3 fully saturated rings. The van der Waals surface area contributed by atoms with E-state index in [-0.39, 0.29) is 12.2 Å². The van der Waals surface area contributed by atoms with Crippen LogP contribution in [0.25, 0.3) is 0 Å². The normalized spacial score (nSPS) is 51.4. The number of aliphatic hydroxyl groups is 1. The van der Waals surface area contributed by atoms with E-state index in [2.05, 4.69) is 27.4 Å². The fraction of sp³-hybridized carbons (Fsp3) is 0.875. The summed E-state index contributed by atoms with van der Waals surface area (Å²) in [4.78, 5) is 0. The highest BCUT2D eigenvalue weighted by atomic mass is 16.6. The van der Waals surface area contributed by atoms with Crippen LogP contribution >= 0.6 is 0 Å². The van der Waals surface area contributed by atoms with Gasteiger partial charge in [0.2, 0.25) is 0 Å². The molecule has 2 nitrogen and oxygen atoms in total. The molecule has 1 aliphatic heterocycles. The van der Waals surface area contributed by atoms with Crippen LogP contribution in [-0.2, 0) is 4.74 Å². The average Bonchev–Trinajstić information content (AvgIpc) is 3.04. The van der Waals surface area contributed by atoms with E-state index in [9.17, 15) is 5.11 Å². The Morgan fingerprint density at radius 2 is 2.22 bits per heavy atom. The van der Waals surface area contributed by atoms with Crippen molar-refractivity contribution in [1.82, 2.24) is 0 Å². The van der Waals surface area contributed by atoms with Gasteiger partial charge in [-0.25, -0.2) is 0 Å². The first-order valence-corrected chi connectivity index (χ1v) is 7.43. The molecular weight excluding hydrogens is 224 g/mol. The van der Waals surface area contributed by atoms with Gasteiger partial charge < -0.3 is 9.84 Å². The monoisotopic (exact) mass is 250 g/mol. The van der Waals surface area contributed by atoms with Gasteiger partial charge in [0.05, 0.1) is 12.7 Å². The Kier molecular flexibility index (Phi) is 2.70. The van der Waals surface area contributed by atoms with E-state index < -0.39 is 0 Å². The molecule has 6 atom stereocenters. The topological polar surface area (TPSA) is 32.8 Å². The van der Waals surface area contributed by atoms with Crippen LogP contribution in [0.1, 0.15) is 46.5 Å². The zero-order chi connectivity index (χ0) is 13.1. The van der Waals surface area contributed by atoms with Crippen molar-refractivity contribution in [3.05, 3.63) is 12.2 Å². The lowest BCUT2D eigenvalue weighted by Crippen LogP contribution is -2.38. The molecule has 0 amide bonds. The smallest absolute Gasteiger partial charge is 0.102 e. The van der Waals surface area contributed by atoms with E-state index in [1.54, 1.807) is 0 Å². The van der Waals surface area contributed by atoms with Crippen molar-refractivity contribution in [2.45, 2.75) is 58.2 Å². The molecule has 2 heteroatoms. The molecule has 1 heterocycles. The molecule has 0 aromatic carbocycles. The van der Waals surface area contributed by atoms with Crippen molar-refractivity contribution in [3.8, 4) is 0 Å². The van der Waals surface area contributed by atoms with Crippen LogP contribution in [-0.4, -0.2) is 23.4 Å². The summed E-state index contributed by atoms with van der Waals surface area (Å²) in [5, 5.41) is 9.32. The second-order valence-electron chi connectivity index (χ2n) is 7.09. The van der Waals surface area contributed by atoms with Crippen LogP contribution in [0.5, 0.6) is 0 Å². The summed E-state index contributed by atoms with van der Waals surface area (Å²) in [6.45, 7) is 11.1. The first-order valence-electron chi connectivity index (χ1n) is 7.43. The standard InChI is InChI=1S/C16H26O2/c1-10(9-17)12(3)16-8-13-7-5-6-11(2)15(13,4)14(16)18-16/h11-14,17H,1,5-9H2,2-4H3/t11-,12?,13+,14-,15+,16-/m1/s1. The van der Waals surface area contributed by atoms with Crippen molar-refractivity contribution in [1.29, 1.82) is 0 Å². The lowest BCUT2D eigenvalue weighted by Gasteiger charge is -2.43. The molecule has 102 valence electrons. The van der Waals surface area contributed by atoms with Crippen molar-refractivity contribution in [3.63, 3.8) is 0 Å². The number of rotatable bonds is 3. The van der Waals surface area contributed by atoms with Crippen LogP contribution in [0.15, 0.2) is 12.2 Å². The third kappa shape index (κ3) is 1.36. The summed E-state index contributed by atoms with van der Waals surface area (Å²) in [5.74, 6) is 1.87. The molecule has 0 aromatic heterocycles. The Labute approximate surface area is 110 Å². The number of aliphatic hydroxyl groups excluding tert-OH is 1. The maximum atomic E-state index is 9.32. The minimum absolute atomic E-state index is 0.0117. The first-order chi connectivity index (χ1) is 8.46. The van der Waals surface area contributed by atoms with E-state index in [0.717, 1.165) is 17.4 Å². The first kappa shape index (κ1) is 12.7. The highest BCUT2D eigenvalue weighted by Crippen LogP contribution is 2.70. The molecular formula is C16H26O2. The van der Waals surface area contributed by atoms with Gasteiger partial charge >= 0.3 is 0 Å². The summed E-state index contributed by atoms with van der Waals surface area (Å²) in [6, 6.07) is 0. The number of fused-ring (bicyclic) bond motifs is 3. The second kappa shape index (κ2) is 3.83. The molecule has 2 aliphatic carbocycles. The quantitative estimate of drug-likeness (QED) is 0.616. The molecule has 18 heavy (non-hydrogen) atoms. The lowest BCUT2D eigenvalue weighted by atomic mass is 9.63. The summed E-state index contributed by atoms with van der Waals surface area (Å²) >= 11 is 0. The molecule has 1 N–H and O–H groups in total. The van der Waals surface area contributed by atoms with E-state index in [1.807, 2.05) is 0 Å². The predicted octanol–water partition coefficient (Wildman–Crippen LogP) is 3.15. The third-order valence-electron chi connectivity index (χ3n) is 6.53. The molecule has 3 rings (SSSR count). The van der Waals surface area contributed by atoms with Gasteiger partial charge in [-0.2, -0.15) is 0 Å². The molecule has 0 bridgehead atoms. The summed E-state index contributed by atoms with van der Waals surface area (Å²) in [7, 11) is 0. The summed E-state index contributed by atoms with van der Waals surface area (Å²) in [5.41, 5.74) is 1.31. The van der Waals surface area contributed by atoms with Crippen molar-refractivity contribution < 1.29 is 9.84 Å². The van der Waals surface area contributed by atoms with Gasteiger partial charge in [-0.1, -0.05) is 40.2 Å². The minimum Gasteiger partial charge on any atom is -0.392 e. The van der Waals surface area contributed by atoms with Crippen LogP contribution < -0.4 is 0 Å². The Morgan fingerprint density at radius 3 is 2.83 bits per heavy atom. The van der Waals surface area contributed by atoms with Crippen molar-refractivity contribution in [2.24, 2.45) is 23.2 Å². The third-order valence-corrected chi connectivity index (χ3v) is 6.53. The number of ether oxygens (including phenoxy) is 1.